The quantitative estimate of drug-likeness (QED) is 0.696. The normalized spacial score (nSPS) is 10.9. The molecule has 1 aromatic carbocycles. The molecule has 0 spiro atoms. The van der Waals surface area contributed by atoms with Gasteiger partial charge in [0.1, 0.15) is 17.3 Å². The molecule has 9 heteroatoms. The number of benzene rings is 1. The van der Waals surface area contributed by atoms with E-state index in [2.05, 4.69) is 30.6 Å². The van der Waals surface area contributed by atoms with Crippen molar-refractivity contribution in [2.24, 2.45) is 0 Å². The molecule has 2 N–H and O–H groups in total. The first kappa shape index (κ1) is 18.6. The molecule has 6 nitrogen and oxygen atoms in total. The number of aromatic nitrogens is 4. The van der Waals surface area contributed by atoms with E-state index in [1.54, 1.807) is 6.92 Å². The van der Waals surface area contributed by atoms with Crippen LogP contribution in [0.25, 0.3) is 11.5 Å². The van der Waals surface area contributed by atoms with E-state index in [4.69, 9.17) is 0 Å². The smallest absolute Gasteiger partial charge is 0.232 e. The predicted molar refractivity (Wildman–Crippen MR) is 96.2 cm³/mol. The lowest BCUT2D eigenvalue weighted by molar-refractivity contribution is 0.584. The molecule has 0 atom stereocenters. The van der Waals surface area contributed by atoms with Gasteiger partial charge in [0.25, 0.3) is 0 Å². The summed E-state index contributed by atoms with van der Waals surface area (Å²) in [6.45, 7) is 5.47. The molecule has 0 saturated heterocycles. The maximum atomic E-state index is 14.2. The molecular formula is C18H17F3N6. The zero-order chi connectivity index (χ0) is 19.6. The number of nitrogens with zero attached hydrogens (tertiary/aromatic N) is 4. The van der Waals surface area contributed by atoms with Gasteiger partial charge in [-0.2, -0.15) is 15.0 Å². The predicted octanol–water partition coefficient (Wildman–Crippen LogP) is 4.22. The van der Waals surface area contributed by atoms with Crippen molar-refractivity contribution in [1.29, 1.82) is 0 Å². The zero-order valence-electron chi connectivity index (χ0n) is 14.9. The molecule has 0 radical (unpaired) electrons. The molecule has 0 bridgehead atoms. The van der Waals surface area contributed by atoms with Gasteiger partial charge < -0.3 is 10.6 Å². The van der Waals surface area contributed by atoms with E-state index in [1.165, 1.54) is 12.1 Å². The number of hydrogen-bond acceptors (Lipinski definition) is 6. The van der Waals surface area contributed by atoms with E-state index in [0.29, 0.717) is 5.69 Å². The molecule has 140 valence electrons. The Kier molecular flexibility index (Phi) is 5.20. The van der Waals surface area contributed by atoms with Gasteiger partial charge in [-0.05, 0) is 45.0 Å². The molecule has 0 amide bonds. The molecule has 0 unspecified atom stereocenters. The summed E-state index contributed by atoms with van der Waals surface area (Å²) in [6.07, 6.45) is 0. The Bertz CT molecular complexity index is 957. The van der Waals surface area contributed by atoms with Gasteiger partial charge in [0, 0.05) is 23.5 Å². The van der Waals surface area contributed by atoms with Crippen molar-refractivity contribution in [1.82, 2.24) is 19.9 Å². The van der Waals surface area contributed by atoms with Gasteiger partial charge in [-0.15, -0.1) is 0 Å². The van der Waals surface area contributed by atoms with Gasteiger partial charge in [0.2, 0.25) is 11.9 Å². The number of hydrogen-bond donors (Lipinski definition) is 2. The van der Waals surface area contributed by atoms with E-state index >= 15 is 0 Å². The Hall–Kier alpha value is -3.23. The van der Waals surface area contributed by atoms with Crippen molar-refractivity contribution in [2.45, 2.75) is 26.8 Å². The Morgan fingerprint density at radius 3 is 2.19 bits per heavy atom. The van der Waals surface area contributed by atoms with Crippen LogP contribution in [0.4, 0.5) is 30.8 Å². The number of aryl methyl sites for hydroxylation is 1. The van der Waals surface area contributed by atoms with Crippen LogP contribution in [0.15, 0.2) is 30.3 Å². The molecule has 0 aliphatic carbocycles. The summed E-state index contributed by atoms with van der Waals surface area (Å²) in [7, 11) is 0. The van der Waals surface area contributed by atoms with Crippen molar-refractivity contribution >= 4 is 17.6 Å². The van der Waals surface area contributed by atoms with Crippen molar-refractivity contribution in [3.05, 3.63) is 53.5 Å². The Labute approximate surface area is 153 Å². The fraction of sp³-hybridized carbons (Fsp3) is 0.222. The van der Waals surface area contributed by atoms with Crippen LogP contribution in [0.2, 0.25) is 0 Å². The van der Waals surface area contributed by atoms with Crippen LogP contribution in [-0.4, -0.2) is 26.0 Å². The minimum absolute atomic E-state index is 0.00384. The summed E-state index contributed by atoms with van der Waals surface area (Å²) < 4.78 is 41.0. The van der Waals surface area contributed by atoms with Crippen LogP contribution in [0.3, 0.4) is 0 Å². The summed E-state index contributed by atoms with van der Waals surface area (Å²) in [5.74, 6) is -1.93. The Balaban J connectivity index is 2.06. The number of rotatable bonds is 5. The monoisotopic (exact) mass is 374 g/mol. The average Bonchev–Trinajstić information content (AvgIpc) is 2.55. The van der Waals surface area contributed by atoms with Gasteiger partial charge in [0.05, 0.1) is 0 Å². The van der Waals surface area contributed by atoms with Crippen LogP contribution in [0.5, 0.6) is 0 Å². The van der Waals surface area contributed by atoms with Gasteiger partial charge in [-0.3, -0.25) is 0 Å². The SMILES string of the molecule is Cc1ccc(F)c(-c2nc(Nc3cc(F)cc(F)c3)nc(NC(C)C)n2)n1. The lowest BCUT2D eigenvalue weighted by Crippen LogP contribution is -2.15. The standard InChI is InChI=1S/C18H17F3N6/c1-9(2)22-17-25-16(15-14(21)5-4-10(3)23-15)26-18(27-17)24-13-7-11(19)6-12(20)8-13/h4-9H,1-3H3,(H2,22,24,25,26,27). The first-order valence-electron chi connectivity index (χ1n) is 8.19. The highest BCUT2D eigenvalue weighted by Gasteiger charge is 2.15. The summed E-state index contributed by atoms with van der Waals surface area (Å²) >= 11 is 0. The Morgan fingerprint density at radius 2 is 1.52 bits per heavy atom. The van der Waals surface area contributed by atoms with Gasteiger partial charge in [-0.1, -0.05) is 0 Å². The highest BCUT2D eigenvalue weighted by molar-refractivity contribution is 5.59. The second-order valence-electron chi connectivity index (χ2n) is 6.17. The van der Waals surface area contributed by atoms with Gasteiger partial charge >= 0.3 is 0 Å². The van der Waals surface area contributed by atoms with Crippen molar-refractivity contribution in [2.75, 3.05) is 10.6 Å². The molecule has 3 rings (SSSR count). The fourth-order valence-electron chi connectivity index (χ4n) is 2.31. The molecule has 0 aliphatic rings. The molecule has 2 aromatic heterocycles. The molecule has 27 heavy (non-hydrogen) atoms. The van der Waals surface area contributed by atoms with E-state index in [9.17, 15) is 13.2 Å². The van der Waals surface area contributed by atoms with Crippen LogP contribution in [-0.2, 0) is 0 Å². The maximum absolute atomic E-state index is 14.2. The first-order valence-corrected chi connectivity index (χ1v) is 8.19. The summed E-state index contributed by atoms with van der Waals surface area (Å²) in [6, 6.07) is 5.73. The fourth-order valence-corrected chi connectivity index (χ4v) is 2.31. The number of nitrogens with one attached hydrogen (secondary N) is 2. The lowest BCUT2D eigenvalue weighted by Gasteiger charge is -2.12. The van der Waals surface area contributed by atoms with Crippen LogP contribution in [0, 0.1) is 24.4 Å². The third-order valence-electron chi connectivity index (χ3n) is 3.37. The summed E-state index contributed by atoms with van der Waals surface area (Å²) in [5.41, 5.74) is 0.655. The third-order valence-corrected chi connectivity index (χ3v) is 3.37. The van der Waals surface area contributed by atoms with Crippen LogP contribution < -0.4 is 10.6 Å². The van der Waals surface area contributed by atoms with Crippen LogP contribution >= 0.6 is 0 Å². The number of halogens is 3. The minimum Gasteiger partial charge on any atom is -0.352 e. The number of anilines is 3. The topological polar surface area (TPSA) is 75.6 Å². The molecule has 0 fully saturated rings. The van der Waals surface area contributed by atoms with E-state index in [1.807, 2.05) is 13.8 Å². The zero-order valence-corrected chi connectivity index (χ0v) is 14.9. The molecular weight excluding hydrogens is 357 g/mol. The van der Waals surface area contributed by atoms with Crippen molar-refractivity contribution < 1.29 is 13.2 Å². The average molecular weight is 374 g/mol. The Morgan fingerprint density at radius 1 is 0.852 bits per heavy atom. The summed E-state index contributed by atoms with van der Waals surface area (Å²) in [5, 5.41) is 5.71. The van der Waals surface area contributed by atoms with E-state index < -0.39 is 17.5 Å². The van der Waals surface area contributed by atoms with E-state index in [0.717, 1.165) is 18.2 Å². The van der Waals surface area contributed by atoms with E-state index in [-0.39, 0.29) is 35.1 Å². The largest absolute Gasteiger partial charge is 0.352 e. The molecule has 0 aliphatic heterocycles. The molecule has 3 aromatic rings. The minimum atomic E-state index is -0.751. The highest BCUT2D eigenvalue weighted by atomic mass is 19.1. The second kappa shape index (κ2) is 7.56. The van der Waals surface area contributed by atoms with Crippen molar-refractivity contribution in [3.8, 4) is 11.5 Å². The van der Waals surface area contributed by atoms with Gasteiger partial charge in [-0.25, -0.2) is 18.2 Å². The number of pyridine rings is 1. The maximum Gasteiger partial charge on any atom is 0.232 e. The third kappa shape index (κ3) is 4.69. The summed E-state index contributed by atoms with van der Waals surface area (Å²) in [4.78, 5) is 16.6. The second-order valence-corrected chi connectivity index (χ2v) is 6.17. The molecule has 0 saturated carbocycles. The highest BCUT2D eigenvalue weighted by Crippen LogP contribution is 2.22. The van der Waals surface area contributed by atoms with Gasteiger partial charge in [0.15, 0.2) is 11.6 Å². The lowest BCUT2D eigenvalue weighted by atomic mass is 10.3. The van der Waals surface area contributed by atoms with Crippen LogP contribution in [0.1, 0.15) is 19.5 Å². The van der Waals surface area contributed by atoms with Crippen molar-refractivity contribution in [3.63, 3.8) is 0 Å². The first-order chi connectivity index (χ1) is 12.8. The molecule has 2 heterocycles.